The van der Waals surface area contributed by atoms with Gasteiger partial charge in [-0.05, 0) is 58.0 Å². The molecule has 2 saturated heterocycles. The molecule has 150 valence electrons. The van der Waals surface area contributed by atoms with Crippen LogP contribution in [0.4, 0.5) is 5.82 Å². The van der Waals surface area contributed by atoms with E-state index in [9.17, 15) is 4.79 Å². The van der Waals surface area contributed by atoms with E-state index < -0.39 is 0 Å². The van der Waals surface area contributed by atoms with Crippen LogP contribution in [0.2, 0.25) is 0 Å². The highest BCUT2D eigenvalue weighted by atomic mass is 16.1. The van der Waals surface area contributed by atoms with Crippen LogP contribution in [0.5, 0.6) is 0 Å². The van der Waals surface area contributed by atoms with E-state index >= 15 is 0 Å². The molecule has 1 N–H and O–H groups in total. The molecule has 2 aliphatic rings. The Bertz CT molecular complexity index is 583. The maximum absolute atomic E-state index is 12.4. The van der Waals surface area contributed by atoms with E-state index in [0.29, 0.717) is 11.6 Å². The van der Waals surface area contributed by atoms with Gasteiger partial charge in [0.1, 0.15) is 5.82 Å². The molecule has 1 aromatic heterocycles. The molecule has 0 spiro atoms. The van der Waals surface area contributed by atoms with Gasteiger partial charge in [0.25, 0.3) is 5.91 Å². The lowest BCUT2D eigenvalue weighted by Crippen LogP contribution is -2.46. The number of aromatic nitrogens is 1. The number of nitrogens with one attached hydrogen (secondary N) is 1. The number of amides is 1. The first-order chi connectivity index (χ1) is 13.2. The highest BCUT2D eigenvalue weighted by Crippen LogP contribution is 2.17. The zero-order chi connectivity index (χ0) is 19.1. The predicted octanol–water partition coefficient (Wildman–Crippen LogP) is 2.22. The number of piperidine rings is 1. The molecule has 0 aliphatic carbocycles. The van der Waals surface area contributed by atoms with Crippen LogP contribution in [0.15, 0.2) is 18.3 Å². The van der Waals surface area contributed by atoms with E-state index in [2.05, 4.69) is 39.0 Å². The average Bonchev–Trinajstić information content (AvgIpc) is 2.70. The molecule has 2 fully saturated rings. The second kappa shape index (κ2) is 10.0. The summed E-state index contributed by atoms with van der Waals surface area (Å²) >= 11 is 0. The van der Waals surface area contributed by atoms with Crippen LogP contribution in [0.25, 0.3) is 0 Å². The topological polar surface area (TPSA) is 51.7 Å². The van der Waals surface area contributed by atoms with Crippen molar-refractivity contribution in [3.8, 4) is 0 Å². The lowest BCUT2D eigenvalue weighted by Gasteiger charge is -2.35. The summed E-state index contributed by atoms with van der Waals surface area (Å²) < 4.78 is 0. The highest BCUT2D eigenvalue weighted by Gasteiger charge is 2.19. The number of carbonyl (C=O) groups excluding carboxylic acids is 1. The predicted molar refractivity (Wildman–Crippen MR) is 110 cm³/mol. The maximum Gasteiger partial charge on any atom is 0.252 e. The minimum absolute atomic E-state index is 0.0136. The second-order valence-corrected chi connectivity index (χ2v) is 7.91. The fourth-order valence-electron chi connectivity index (χ4n) is 4.19. The van der Waals surface area contributed by atoms with E-state index in [1.807, 2.05) is 12.1 Å². The van der Waals surface area contributed by atoms with Gasteiger partial charge in [0.05, 0.1) is 5.56 Å². The number of hydrogen-bond acceptors (Lipinski definition) is 5. The molecule has 1 amide bonds. The fraction of sp³-hybridized carbons (Fsp3) is 0.714. The van der Waals surface area contributed by atoms with E-state index in [1.165, 1.54) is 38.8 Å². The zero-order valence-electron chi connectivity index (χ0n) is 17.0. The monoisotopic (exact) mass is 373 g/mol. The molecule has 6 heteroatoms. The number of nitrogens with zero attached hydrogens (tertiary/aromatic N) is 4. The molecule has 2 aliphatic heterocycles. The average molecular weight is 374 g/mol. The number of pyridine rings is 1. The molecule has 1 atom stereocenters. The minimum atomic E-state index is -0.0136. The molecule has 27 heavy (non-hydrogen) atoms. The summed E-state index contributed by atoms with van der Waals surface area (Å²) in [6.07, 6.45) is 7.80. The Kier molecular flexibility index (Phi) is 7.47. The lowest BCUT2D eigenvalue weighted by atomic mass is 10.0. The summed E-state index contributed by atoms with van der Waals surface area (Å²) in [5, 5.41) is 3.06. The minimum Gasteiger partial charge on any atom is -0.354 e. The van der Waals surface area contributed by atoms with Crippen LogP contribution in [-0.2, 0) is 0 Å². The summed E-state index contributed by atoms with van der Waals surface area (Å²) in [6.45, 7) is 9.51. The molecule has 0 unspecified atom stereocenters. The summed E-state index contributed by atoms with van der Waals surface area (Å²) in [5.41, 5.74) is 0.653. The molecule has 0 radical (unpaired) electrons. The first-order valence-electron chi connectivity index (χ1n) is 10.6. The van der Waals surface area contributed by atoms with Gasteiger partial charge < -0.3 is 15.1 Å². The van der Waals surface area contributed by atoms with Crippen LogP contribution in [0.1, 0.15) is 49.4 Å². The zero-order valence-corrected chi connectivity index (χ0v) is 17.0. The van der Waals surface area contributed by atoms with Crippen molar-refractivity contribution in [3.05, 3.63) is 23.9 Å². The van der Waals surface area contributed by atoms with Gasteiger partial charge in [-0.25, -0.2) is 4.98 Å². The number of hydrogen-bond donors (Lipinski definition) is 1. The van der Waals surface area contributed by atoms with Gasteiger partial charge >= 0.3 is 0 Å². The van der Waals surface area contributed by atoms with Crippen LogP contribution in [0, 0.1) is 0 Å². The molecule has 3 heterocycles. The van der Waals surface area contributed by atoms with Crippen LogP contribution in [-0.4, -0.2) is 79.6 Å². The Hall–Kier alpha value is -1.66. The molecule has 6 nitrogen and oxygen atoms in total. The standard InChI is InChI=1S/C21H35N5O/c1-3-11-25-13-15-26(16-14-25)20-8-7-18(17-23-20)21(27)22-10-9-19-6-4-5-12-24(19)2/h7-8,17,19H,3-6,9-16H2,1-2H3,(H,22,27)/t19-/m1/s1. The van der Waals surface area contributed by atoms with Crippen LogP contribution < -0.4 is 10.2 Å². The van der Waals surface area contributed by atoms with Crippen molar-refractivity contribution >= 4 is 11.7 Å². The SMILES string of the molecule is CCCN1CCN(c2ccc(C(=O)NCC[C@H]3CCCCN3C)cn2)CC1. The largest absolute Gasteiger partial charge is 0.354 e. The second-order valence-electron chi connectivity index (χ2n) is 7.91. The van der Waals surface area contributed by atoms with E-state index in [0.717, 1.165) is 45.0 Å². The normalized spacial score (nSPS) is 22.0. The summed E-state index contributed by atoms with van der Waals surface area (Å²) in [6, 6.07) is 4.49. The number of piperazine rings is 1. The smallest absolute Gasteiger partial charge is 0.252 e. The number of rotatable bonds is 7. The quantitative estimate of drug-likeness (QED) is 0.794. The summed E-state index contributed by atoms with van der Waals surface area (Å²) in [4.78, 5) is 24.2. The van der Waals surface area contributed by atoms with Crippen molar-refractivity contribution in [2.45, 2.75) is 45.1 Å². The number of carbonyl (C=O) groups is 1. The van der Waals surface area contributed by atoms with Crippen molar-refractivity contribution < 1.29 is 4.79 Å². The van der Waals surface area contributed by atoms with E-state index in [4.69, 9.17) is 0 Å². The Morgan fingerprint density at radius 3 is 2.67 bits per heavy atom. The van der Waals surface area contributed by atoms with Gasteiger partial charge in [0.15, 0.2) is 0 Å². The van der Waals surface area contributed by atoms with Crippen molar-refractivity contribution in [3.63, 3.8) is 0 Å². The third-order valence-electron chi connectivity index (χ3n) is 5.93. The highest BCUT2D eigenvalue weighted by molar-refractivity contribution is 5.94. The van der Waals surface area contributed by atoms with Crippen molar-refractivity contribution in [2.24, 2.45) is 0 Å². The Balaban J connectivity index is 1.43. The Labute approximate surface area is 163 Å². The third kappa shape index (κ3) is 5.66. The summed E-state index contributed by atoms with van der Waals surface area (Å²) in [5.74, 6) is 0.965. The number of likely N-dealkylation sites (tertiary alicyclic amines) is 1. The molecule has 0 aromatic carbocycles. The molecule has 0 saturated carbocycles. The van der Waals surface area contributed by atoms with Crippen molar-refractivity contribution in [2.75, 3.05) is 57.8 Å². The maximum atomic E-state index is 12.4. The van der Waals surface area contributed by atoms with Crippen LogP contribution >= 0.6 is 0 Å². The molecule has 3 rings (SSSR count). The molecule has 0 bridgehead atoms. The van der Waals surface area contributed by atoms with Gasteiger partial charge in [-0.1, -0.05) is 13.3 Å². The van der Waals surface area contributed by atoms with Gasteiger partial charge in [0, 0.05) is 45.0 Å². The Morgan fingerprint density at radius 2 is 2.00 bits per heavy atom. The first-order valence-corrected chi connectivity index (χ1v) is 10.6. The number of anilines is 1. The van der Waals surface area contributed by atoms with Crippen molar-refractivity contribution in [1.82, 2.24) is 20.1 Å². The van der Waals surface area contributed by atoms with Crippen LogP contribution in [0.3, 0.4) is 0 Å². The first kappa shape index (κ1) is 20.1. The van der Waals surface area contributed by atoms with Gasteiger partial charge in [-0.3, -0.25) is 9.69 Å². The summed E-state index contributed by atoms with van der Waals surface area (Å²) in [7, 11) is 2.19. The third-order valence-corrected chi connectivity index (χ3v) is 5.93. The van der Waals surface area contributed by atoms with Gasteiger partial charge in [0.2, 0.25) is 0 Å². The molecule has 1 aromatic rings. The molecular weight excluding hydrogens is 338 g/mol. The molecular formula is C21H35N5O. The Morgan fingerprint density at radius 1 is 1.19 bits per heavy atom. The van der Waals surface area contributed by atoms with Crippen molar-refractivity contribution in [1.29, 1.82) is 0 Å². The van der Waals surface area contributed by atoms with Gasteiger partial charge in [-0.15, -0.1) is 0 Å². The lowest BCUT2D eigenvalue weighted by molar-refractivity contribution is 0.0945. The van der Waals surface area contributed by atoms with E-state index in [-0.39, 0.29) is 5.91 Å². The fourth-order valence-corrected chi connectivity index (χ4v) is 4.19. The van der Waals surface area contributed by atoms with Gasteiger partial charge in [-0.2, -0.15) is 0 Å². The van der Waals surface area contributed by atoms with E-state index in [1.54, 1.807) is 6.20 Å².